The Bertz CT molecular complexity index is 778. The Morgan fingerprint density at radius 2 is 1.79 bits per heavy atom. The van der Waals surface area contributed by atoms with Gasteiger partial charge in [0.05, 0.1) is 17.8 Å². The van der Waals surface area contributed by atoms with Crippen LogP contribution in [0.25, 0.3) is 11.3 Å². The summed E-state index contributed by atoms with van der Waals surface area (Å²) in [4.78, 5) is 4.73. The molecule has 0 fully saturated rings. The second kappa shape index (κ2) is 7.60. The zero-order valence-corrected chi connectivity index (χ0v) is 14.8. The maximum absolute atomic E-state index is 6.35. The zero-order chi connectivity index (χ0) is 16.9. The molecule has 1 heterocycles. The Balaban J connectivity index is 1.70. The van der Waals surface area contributed by atoms with Gasteiger partial charge in [-0.1, -0.05) is 31.2 Å². The minimum absolute atomic E-state index is 0.0224. The third-order valence-corrected chi connectivity index (χ3v) is 5.02. The number of nitrogens with zero attached hydrogens (tertiary/aromatic N) is 1. The predicted molar refractivity (Wildman–Crippen MR) is 101 cm³/mol. The predicted octanol–water partition coefficient (Wildman–Crippen LogP) is 4.62. The number of hydrogen-bond donors (Lipinski definition) is 1. The molecule has 124 valence electrons. The first-order valence-corrected chi connectivity index (χ1v) is 9.00. The normalized spacial score (nSPS) is 12.1. The summed E-state index contributed by atoms with van der Waals surface area (Å²) in [6.07, 6.45) is 1.81. The maximum atomic E-state index is 6.35. The van der Waals surface area contributed by atoms with Crippen LogP contribution in [0.2, 0.25) is 0 Å². The summed E-state index contributed by atoms with van der Waals surface area (Å²) in [5, 5.41) is 3.15. The number of aryl methyl sites for hydroxylation is 1. The lowest BCUT2D eigenvalue weighted by atomic mass is 10.0. The first-order valence-electron chi connectivity index (χ1n) is 8.13. The highest BCUT2D eigenvalue weighted by Gasteiger charge is 2.11. The molecule has 4 heteroatoms. The van der Waals surface area contributed by atoms with Crippen molar-refractivity contribution in [2.45, 2.75) is 25.8 Å². The van der Waals surface area contributed by atoms with Crippen LogP contribution >= 0.6 is 11.3 Å². The van der Waals surface area contributed by atoms with E-state index in [-0.39, 0.29) is 6.04 Å². The average Bonchev–Trinajstić information content (AvgIpc) is 3.10. The van der Waals surface area contributed by atoms with Gasteiger partial charge in [-0.2, -0.15) is 0 Å². The number of hydrogen-bond acceptors (Lipinski definition) is 4. The number of aromatic nitrogens is 1. The van der Waals surface area contributed by atoms with Crippen molar-refractivity contribution in [3.8, 4) is 17.0 Å². The molecule has 0 aliphatic rings. The average molecular weight is 338 g/mol. The SMILES string of the molecule is CCc1ccc(C(N)Cc2nc(-c3ccc(OC)cc3)cs2)cc1. The van der Waals surface area contributed by atoms with Crippen molar-refractivity contribution in [1.82, 2.24) is 4.98 Å². The molecule has 0 amide bonds. The molecule has 1 atom stereocenters. The quantitative estimate of drug-likeness (QED) is 0.713. The van der Waals surface area contributed by atoms with E-state index < -0.39 is 0 Å². The third kappa shape index (κ3) is 3.83. The van der Waals surface area contributed by atoms with Crippen molar-refractivity contribution in [1.29, 1.82) is 0 Å². The van der Waals surface area contributed by atoms with Gasteiger partial charge in [-0.3, -0.25) is 0 Å². The molecular formula is C20H22N2OS. The monoisotopic (exact) mass is 338 g/mol. The van der Waals surface area contributed by atoms with E-state index in [9.17, 15) is 0 Å². The van der Waals surface area contributed by atoms with E-state index in [1.54, 1.807) is 18.4 Å². The van der Waals surface area contributed by atoms with Crippen LogP contribution in [0, 0.1) is 0 Å². The number of thiazole rings is 1. The van der Waals surface area contributed by atoms with Crippen molar-refractivity contribution >= 4 is 11.3 Å². The van der Waals surface area contributed by atoms with E-state index in [1.165, 1.54) is 5.56 Å². The Hall–Kier alpha value is -2.17. The molecule has 0 spiro atoms. The van der Waals surface area contributed by atoms with Crippen molar-refractivity contribution in [3.63, 3.8) is 0 Å². The summed E-state index contributed by atoms with van der Waals surface area (Å²) >= 11 is 1.66. The number of rotatable bonds is 6. The molecule has 0 aliphatic heterocycles. The molecular weight excluding hydrogens is 316 g/mol. The molecule has 1 aromatic heterocycles. The van der Waals surface area contributed by atoms with Crippen LogP contribution in [0.1, 0.15) is 29.1 Å². The minimum Gasteiger partial charge on any atom is -0.497 e. The molecule has 3 nitrogen and oxygen atoms in total. The Morgan fingerprint density at radius 1 is 1.08 bits per heavy atom. The van der Waals surface area contributed by atoms with Crippen LogP contribution < -0.4 is 10.5 Å². The van der Waals surface area contributed by atoms with Crippen molar-refractivity contribution < 1.29 is 4.74 Å². The standard InChI is InChI=1S/C20H22N2OS/c1-3-14-4-6-15(7-5-14)18(21)12-20-22-19(13-24-20)16-8-10-17(23-2)11-9-16/h4-11,13,18H,3,12,21H2,1-2H3. The largest absolute Gasteiger partial charge is 0.497 e. The van der Waals surface area contributed by atoms with Gasteiger partial charge < -0.3 is 10.5 Å². The Kier molecular flexibility index (Phi) is 5.28. The van der Waals surface area contributed by atoms with E-state index in [1.807, 2.05) is 24.3 Å². The third-order valence-electron chi connectivity index (χ3n) is 4.15. The second-order valence-electron chi connectivity index (χ2n) is 5.76. The number of nitrogens with two attached hydrogens (primary N) is 1. The van der Waals surface area contributed by atoms with E-state index in [0.29, 0.717) is 0 Å². The fraction of sp³-hybridized carbons (Fsp3) is 0.250. The molecule has 1 unspecified atom stereocenters. The van der Waals surface area contributed by atoms with Crippen LogP contribution in [0.15, 0.2) is 53.9 Å². The first-order chi connectivity index (χ1) is 11.7. The van der Waals surface area contributed by atoms with Crippen LogP contribution in [-0.2, 0) is 12.8 Å². The van der Waals surface area contributed by atoms with Gasteiger partial charge in [-0.25, -0.2) is 4.98 Å². The molecule has 0 saturated heterocycles. The fourth-order valence-corrected chi connectivity index (χ4v) is 3.47. The van der Waals surface area contributed by atoms with Crippen LogP contribution in [-0.4, -0.2) is 12.1 Å². The van der Waals surface area contributed by atoms with Crippen molar-refractivity contribution in [3.05, 3.63) is 70.0 Å². The van der Waals surface area contributed by atoms with Gasteiger partial charge in [-0.15, -0.1) is 11.3 Å². The number of ether oxygens (including phenoxy) is 1. The summed E-state index contributed by atoms with van der Waals surface area (Å²) in [5.41, 5.74) is 10.9. The van der Waals surface area contributed by atoms with Gasteiger partial charge in [-0.05, 0) is 41.8 Å². The van der Waals surface area contributed by atoms with Gasteiger partial charge in [0, 0.05) is 23.4 Å². The highest BCUT2D eigenvalue weighted by molar-refractivity contribution is 7.09. The van der Waals surface area contributed by atoms with Crippen LogP contribution in [0.5, 0.6) is 5.75 Å². The molecule has 0 saturated carbocycles. The topological polar surface area (TPSA) is 48.1 Å². The van der Waals surface area contributed by atoms with E-state index in [4.69, 9.17) is 15.5 Å². The Morgan fingerprint density at radius 3 is 2.42 bits per heavy atom. The van der Waals surface area contributed by atoms with Crippen molar-refractivity contribution in [2.24, 2.45) is 5.73 Å². The molecule has 2 aromatic carbocycles. The summed E-state index contributed by atoms with van der Waals surface area (Å²) < 4.78 is 5.19. The molecule has 24 heavy (non-hydrogen) atoms. The van der Waals surface area contributed by atoms with Gasteiger partial charge >= 0.3 is 0 Å². The minimum atomic E-state index is -0.0224. The molecule has 0 radical (unpaired) electrons. The van der Waals surface area contributed by atoms with Crippen LogP contribution in [0.3, 0.4) is 0 Å². The van der Waals surface area contributed by atoms with E-state index >= 15 is 0 Å². The van der Waals surface area contributed by atoms with Gasteiger partial charge in [0.25, 0.3) is 0 Å². The maximum Gasteiger partial charge on any atom is 0.118 e. The first kappa shape index (κ1) is 16.7. The lowest BCUT2D eigenvalue weighted by Gasteiger charge is -2.10. The zero-order valence-electron chi connectivity index (χ0n) is 14.0. The molecule has 0 aliphatic carbocycles. The second-order valence-corrected chi connectivity index (χ2v) is 6.70. The summed E-state index contributed by atoms with van der Waals surface area (Å²) in [5.74, 6) is 0.853. The molecule has 2 N–H and O–H groups in total. The van der Waals surface area contributed by atoms with Crippen molar-refractivity contribution in [2.75, 3.05) is 7.11 Å². The van der Waals surface area contributed by atoms with E-state index in [0.717, 1.165) is 40.4 Å². The molecule has 3 aromatic rings. The van der Waals surface area contributed by atoms with E-state index in [2.05, 4.69) is 36.6 Å². The highest BCUT2D eigenvalue weighted by Crippen LogP contribution is 2.26. The fourth-order valence-electron chi connectivity index (χ4n) is 2.61. The lowest BCUT2D eigenvalue weighted by molar-refractivity contribution is 0.415. The summed E-state index contributed by atoms with van der Waals surface area (Å²) in [6, 6.07) is 16.5. The summed E-state index contributed by atoms with van der Waals surface area (Å²) in [7, 11) is 1.67. The lowest BCUT2D eigenvalue weighted by Crippen LogP contribution is -2.13. The Labute approximate surface area is 147 Å². The molecule has 0 bridgehead atoms. The van der Waals surface area contributed by atoms with Gasteiger partial charge in [0.2, 0.25) is 0 Å². The summed E-state index contributed by atoms with van der Waals surface area (Å²) in [6.45, 7) is 2.16. The number of benzene rings is 2. The van der Waals surface area contributed by atoms with Crippen LogP contribution in [0.4, 0.5) is 0 Å². The molecule has 3 rings (SSSR count). The smallest absolute Gasteiger partial charge is 0.118 e. The van der Waals surface area contributed by atoms with Gasteiger partial charge in [0.15, 0.2) is 0 Å². The number of methoxy groups -OCH3 is 1. The van der Waals surface area contributed by atoms with Gasteiger partial charge in [0.1, 0.15) is 5.75 Å². The highest BCUT2D eigenvalue weighted by atomic mass is 32.1.